The highest BCUT2D eigenvalue weighted by Crippen LogP contribution is 2.35. The molecule has 0 aromatic heterocycles. The normalized spacial score (nSPS) is 20.9. The largest absolute Gasteiger partial charge is 0.302 e. The van der Waals surface area contributed by atoms with Gasteiger partial charge in [-0.2, -0.15) is 0 Å². The van der Waals surface area contributed by atoms with E-state index in [4.69, 9.17) is 0 Å². The van der Waals surface area contributed by atoms with Crippen molar-refractivity contribution in [3.05, 3.63) is 35.4 Å². The van der Waals surface area contributed by atoms with E-state index in [9.17, 15) is 0 Å². The van der Waals surface area contributed by atoms with Gasteiger partial charge in [0.15, 0.2) is 0 Å². The Labute approximate surface area is 101 Å². The van der Waals surface area contributed by atoms with Gasteiger partial charge in [0.2, 0.25) is 0 Å². The van der Waals surface area contributed by atoms with Crippen molar-refractivity contribution in [1.82, 2.24) is 4.90 Å². The fraction of sp³-hybridized carbons (Fsp3) is 0.538. The van der Waals surface area contributed by atoms with Crippen molar-refractivity contribution < 1.29 is 0 Å². The summed E-state index contributed by atoms with van der Waals surface area (Å²) in [7, 11) is 2.22. The van der Waals surface area contributed by atoms with E-state index in [2.05, 4.69) is 59.1 Å². The highest BCUT2D eigenvalue weighted by Gasteiger charge is 2.27. The molecular formula is C13H18BrN. The van der Waals surface area contributed by atoms with Crippen LogP contribution in [0.5, 0.6) is 0 Å². The minimum Gasteiger partial charge on any atom is -0.302 e. The molecule has 1 aromatic rings. The van der Waals surface area contributed by atoms with Crippen LogP contribution in [0.2, 0.25) is 0 Å². The summed E-state index contributed by atoms with van der Waals surface area (Å²) in [6.45, 7) is 3.45. The van der Waals surface area contributed by atoms with Crippen LogP contribution in [0.1, 0.15) is 24.0 Å². The van der Waals surface area contributed by atoms with Crippen molar-refractivity contribution in [2.75, 3.05) is 18.9 Å². The SMILES string of the molecule is CC(CBr)N(C)CC1Cc2ccccc21. The summed E-state index contributed by atoms with van der Waals surface area (Å²) >= 11 is 3.54. The predicted molar refractivity (Wildman–Crippen MR) is 68.8 cm³/mol. The molecule has 0 fully saturated rings. The number of fused-ring (bicyclic) bond motifs is 1. The molecule has 0 aliphatic heterocycles. The summed E-state index contributed by atoms with van der Waals surface area (Å²) in [6.07, 6.45) is 1.26. The second kappa shape index (κ2) is 4.67. The van der Waals surface area contributed by atoms with Gasteiger partial charge in [0.05, 0.1) is 0 Å². The van der Waals surface area contributed by atoms with E-state index < -0.39 is 0 Å². The molecule has 0 amide bonds. The topological polar surface area (TPSA) is 3.24 Å². The lowest BCUT2D eigenvalue weighted by Crippen LogP contribution is -2.37. The van der Waals surface area contributed by atoms with Crippen molar-refractivity contribution >= 4 is 15.9 Å². The second-order valence-corrected chi connectivity index (χ2v) is 5.19. The molecule has 0 heterocycles. The lowest BCUT2D eigenvalue weighted by molar-refractivity contribution is 0.252. The van der Waals surface area contributed by atoms with Gasteiger partial charge in [-0.1, -0.05) is 40.2 Å². The molecular weight excluding hydrogens is 250 g/mol. The highest BCUT2D eigenvalue weighted by molar-refractivity contribution is 9.09. The van der Waals surface area contributed by atoms with E-state index in [1.807, 2.05) is 0 Å². The maximum atomic E-state index is 3.54. The molecule has 2 atom stereocenters. The van der Waals surface area contributed by atoms with Crippen LogP contribution in [-0.2, 0) is 6.42 Å². The van der Waals surface area contributed by atoms with E-state index in [0.29, 0.717) is 6.04 Å². The van der Waals surface area contributed by atoms with Crippen molar-refractivity contribution in [1.29, 1.82) is 0 Å². The molecule has 0 saturated carbocycles. The number of hydrogen-bond acceptors (Lipinski definition) is 1. The first-order valence-electron chi connectivity index (χ1n) is 5.56. The van der Waals surface area contributed by atoms with Gasteiger partial charge < -0.3 is 4.90 Å². The summed E-state index contributed by atoms with van der Waals surface area (Å²) in [5, 5.41) is 1.05. The fourth-order valence-corrected chi connectivity index (χ4v) is 2.67. The van der Waals surface area contributed by atoms with Crippen LogP contribution in [-0.4, -0.2) is 29.9 Å². The monoisotopic (exact) mass is 267 g/mol. The maximum absolute atomic E-state index is 3.54. The van der Waals surface area contributed by atoms with Crippen molar-refractivity contribution in [3.8, 4) is 0 Å². The van der Waals surface area contributed by atoms with Crippen molar-refractivity contribution in [3.63, 3.8) is 0 Å². The molecule has 1 aliphatic carbocycles. The third-order valence-electron chi connectivity index (χ3n) is 3.45. The molecule has 82 valence electrons. The van der Waals surface area contributed by atoms with Crippen LogP contribution >= 0.6 is 15.9 Å². The van der Waals surface area contributed by atoms with Gasteiger partial charge in [-0.3, -0.25) is 0 Å². The molecule has 1 aliphatic rings. The molecule has 2 heteroatoms. The summed E-state index contributed by atoms with van der Waals surface area (Å²) in [6, 6.07) is 9.44. The lowest BCUT2D eigenvalue weighted by Gasteiger charge is -2.35. The Morgan fingerprint density at radius 3 is 2.87 bits per heavy atom. The quantitative estimate of drug-likeness (QED) is 0.759. The molecule has 0 spiro atoms. The molecule has 0 radical (unpaired) electrons. The van der Waals surface area contributed by atoms with Crippen LogP contribution in [0.25, 0.3) is 0 Å². The molecule has 1 aromatic carbocycles. The Balaban J connectivity index is 1.94. The first-order chi connectivity index (χ1) is 7.22. The highest BCUT2D eigenvalue weighted by atomic mass is 79.9. The van der Waals surface area contributed by atoms with Gasteiger partial charge in [-0.25, -0.2) is 0 Å². The number of halogens is 1. The van der Waals surface area contributed by atoms with Crippen LogP contribution in [0, 0.1) is 0 Å². The van der Waals surface area contributed by atoms with Crippen LogP contribution in [0.15, 0.2) is 24.3 Å². The molecule has 2 unspecified atom stereocenters. The van der Waals surface area contributed by atoms with Crippen LogP contribution in [0.3, 0.4) is 0 Å². The number of nitrogens with zero attached hydrogens (tertiary/aromatic N) is 1. The lowest BCUT2D eigenvalue weighted by atomic mass is 9.77. The predicted octanol–water partition coefficient (Wildman–Crippen LogP) is 3.04. The minimum atomic E-state index is 0.623. The average molecular weight is 268 g/mol. The van der Waals surface area contributed by atoms with Gasteiger partial charge in [-0.15, -0.1) is 0 Å². The number of hydrogen-bond donors (Lipinski definition) is 0. The van der Waals surface area contributed by atoms with Gasteiger partial charge in [0.25, 0.3) is 0 Å². The van der Waals surface area contributed by atoms with Crippen molar-refractivity contribution in [2.45, 2.75) is 25.3 Å². The molecule has 0 N–H and O–H groups in total. The van der Waals surface area contributed by atoms with Gasteiger partial charge in [0.1, 0.15) is 0 Å². The standard InChI is InChI=1S/C13H18BrN/c1-10(8-14)15(2)9-12-7-11-5-3-4-6-13(11)12/h3-6,10,12H,7-9H2,1-2H3. The van der Waals surface area contributed by atoms with E-state index in [1.54, 1.807) is 11.1 Å². The first kappa shape index (κ1) is 11.2. The summed E-state index contributed by atoms with van der Waals surface area (Å²) in [4.78, 5) is 2.44. The molecule has 2 rings (SSSR count). The van der Waals surface area contributed by atoms with E-state index >= 15 is 0 Å². The van der Waals surface area contributed by atoms with Crippen molar-refractivity contribution in [2.24, 2.45) is 0 Å². The smallest absolute Gasteiger partial charge is 0.0185 e. The van der Waals surface area contributed by atoms with E-state index in [0.717, 1.165) is 11.2 Å². The zero-order valence-electron chi connectivity index (χ0n) is 9.41. The Kier molecular flexibility index (Phi) is 3.47. The summed E-state index contributed by atoms with van der Waals surface area (Å²) < 4.78 is 0. The molecule has 1 nitrogen and oxygen atoms in total. The number of likely N-dealkylation sites (N-methyl/N-ethyl adjacent to an activating group) is 1. The van der Waals surface area contributed by atoms with E-state index in [1.165, 1.54) is 13.0 Å². The first-order valence-corrected chi connectivity index (χ1v) is 6.68. The van der Waals surface area contributed by atoms with Gasteiger partial charge in [-0.05, 0) is 31.5 Å². The van der Waals surface area contributed by atoms with Gasteiger partial charge >= 0.3 is 0 Å². The third kappa shape index (κ3) is 2.26. The summed E-state index contributed by atoms with van der Waals surface area (Å²) in [5.41, 5.74) is 3.11. The molecule has 15 heavy (non-hydrogen) atoms. The zero-order valence-corrected chi connectivity index (χ0v) is 11.0. The van der Waals surface area contributed by atoms with Gasteiger partial charge in [0, 0.05) is 23.8 Å². The summed E-state index contributed by atoms with van der Waals surface area (Å²) in [5.74, 6) is 0.757. The fourth-order valence-electron chi connectivity index (χ4n) is 2.17. The second-order valence-electron chi connectivity index (χ2n) is 4.54. The van der Waals surface area contributed by atoms with Crippen LogP contribution < -0.4 is 0 Å². The van der Waals surface area contributed by atoms with Crippen LogP contribution in [0.4, 0.5) is 0 Å². The number of alkyl halides is 1. The number of benzene rings is 1. The van der Waals surface area contributed by atoms with E-state index in [-0.39, 0.29) is 0 Å². The Morgan fingerprint density at radius 1 is 1.47 bits per heavy atom. The Morgan fingerprint density at radius 2 is 2.20 bits per heavy atom. The molecule has 0 bridgehead atoms. The molecule has 0 saturated heterocycles. The Bertz CT molecular complexity index is 337. The minimum absolute atomic E-state index is 0.623. The Hall–Kier alpha value is -0.340. The zero-order chi connectivity index (χ0) is 10.8. The maximum Gasteiger partial charge on any atom is 0.0185 e. The number of rotatable bonds is 4. The third-order valence-corrected chi connectivity index (χ3v) is 4.38. The average Bonchev–Trinajstić information content (AvgIpc) is 2.24.